The van der Waals surface area contributed by atoms with Crippen molar-refractivity contribution in [1.82, 2.24) is 5.32 Å². The van der Waals surface area contributed by atoms with Gasteiger partial charge in [0, 0.05) is 6.54 Å². The molecule has 0 bridgehead atoms. The Morgan fingerprint density at radius 2 is 2.11 bits per heavy atom. The van der Waals surface area contributed by atoms with Crippen LogP contribution in [0, 0.1) is 0 Å². The molecule has 0 fully saturated rings. The van der Waals surface area contributed by atoms with E-state index in [-0.39, 0.29) is 0 Å². The minimum Gasteiger partial charge on any atom is -0.391 e. The smallest absolute Gasteiger partial charge is 0.0141 e. The lowest BCUT2D eigenvalue weighted by Gasteiger charge is -1.96. The fraction of sp³-hybridized carbons (Fsp3) is 0.750. The fourth-order valence-corrected chi connectivity index (χ4v) is 0.678. The Morgan fingerprint density at radius 3 is 2.67 bits per heavy atom. The maximum Gasteiger partial charge on any atom is 0.0141 e. The summed E-state index contributed by atoms with van der Waals surface area (Å²) in [4.78, 5) is 0. The molecule has 0 aromatic rings. The summed E-state index contributed by atoms with van der Waals surface area (Å²) >= 11 is 0. The molecule has 0 aromatic heterocycles. The van der Waals surface area contributed by atoms with E-state index in [1.165, 1.54) is 19.3 Å². The highest BCUT2D eigenvalue weighted by Gasteiger charge is 1.80. The van der Waals surface area contributed by atoms with Crippen LogP contribution in [0.25, 0.3) is 0 Å². The predicted octanol–water partition coefficient (Wildman–Crippen LogP) is 2.30. The predicted molar refractivity (Wildman–Crippen MR) is 42.3 cm³/mol. The topological polar surface area (TPSA) is 12.0 Å². The lowest BCUT2D eigenvalue weighted by molar-refractivity contribution is 0.683. The highest BCUT2D eigenvalue weighted by Crippen LogP contribution is 1.90. The van der Waals surface area contributed by atoms with Crippen molar-refractivity contribution in [2.75, 3.05) is 6.54 Å². The van der Waals surface area contributed by atoms with Crippen molar-refractivity contribution in [3.63, 3.8) is 0 Å². The van der Waals surface area contributed by atoms with Gasteiger partial charge in [0.1, 0.15) is 0 Å². The molecule has 0 unspecified atom stereocenters. The summed E-state index contributed by atoms with van der Waals surface area (Å²) < 4.78 is 0. The molecule has 0 saturated carbocycles. The monoisotopic (exact) mass is 127 g/mol. The summed E-state index contributed by atoms with van der Waals surface area (Å²) in [6.07, 6.45) is 7.95. The number of unbranched alkanes of at least 4 members (excludes halogenated alkanes) is 2. The van der Waals surface area contributed by atoms with E-state index >= 15 is 0 Å². The Morgan fingerprint density at radius 1 is 1.33 bits per heavy atom. The molecule has 0 saturated heterocycles. The van der Waals surface area contributed by atoms with Gasteiger partial charge < -0.3 is 5.32 Å². The SMILES string of the molecule is C/C=C/NCCCCC. The van der Waals surface area contributed by atoms with Gasteiger partial charge in [-0.05, 0) is 19.5 Å². The van der Waals surface area contributed by atoms with E-state index in [2.05, 4.69) is 12.2 Å². The molecule has 54 valence electrons. The third-order valence-corrected chi connectivity index (χ3v) is 1.21. The molecule has 0 aliphatic carbocycles. The van der Waals surface area contributed by atoms with Crippen LogP contribution in [0.5, 0.6) is 0 Å². The van der Waals surface area contributed by atoms with Crippen molar-refractivity contribution < 1.29 is 0 Å². The summed E-state index contributed by atoms with van der Waals surface area (Å²) in [5, 5.41) is 3.19. The summed E-state index contributed by atoms with van der Waals surface area (Å²) in [6, 6.07) is 0. The van der Waals surface area contributed by atoms with Crippen molar-refractivity contribution >= 4 is 0 Å². The summed E-state index contributed by atoms with van der Waals surface area (Å²) in [6.45, 7) is 5.36. The van der Waals surface area contributed by atoms with Crippen LogP contribution >= 0.6 is 0 Å². The van der Waals surface area contributed by atoms with E-state index < -0.39 is 0 Å². The standard InChI is InChI=1S/C8H17N/c1-3-5-6-8-9-7-4-2/h4,7,9H,3,5-6,8H2,1-2H3/b7-4+. The summed E-state index contributed by atoms with van der Waals surface area (Å²) in [5.74, 6) is 0. The molecule has 0 aliphatic rings. The van der Waals surface area contributed by atoms with Gasteiger partial charge in [0.15, 0.2) is 0 Å². The summed E-state index contributed by atoms with van der Waals surface area (Å²) in [5.41, 5.74) is 0. The number of allylic oxidation sites excluding steroid dienone is 1. The molecule has 0 atom stereocenters. The van der Waals surface area contributed by atoms with Crippen molar-refractivity contribution in [1.29, 1.82) is 0 Å². The van der Waals surface area contributed by atoms with Gasteiger partial charge in [0.2, 0.25) is 0 Å². The normalized spacial score (nSPS) is 10.4. The molecular formula is C8H17N. The zero-order valence-electron chi connectivity index (χ0n) is 6.48. The zero-order chi connectivity index (χ0) is 6.95. The first kappa shape index (κ1) is 8.54. The second-order valence-corrected chi connectivity index (χ2v) is 2.16. The van der Waals surface area contributed by atoms with Gasteiger partial charge in [0.25, 0.3) is 0 Å². The van der Waals surface area contributed by atoms with E-state index in [0.29, 0.717) is 0 Å². The Kier molecular flexibility index (Phi) is 7.15. The Hall–Kier alpha value is -0.460. The van der Waals surface area contributed by atoms with Crippen LogP contribution in [-0.2, 0) is 0 Å². The van der Waals surface area contributed by atoms with Crippen LogP contribution in [0.15, 0.2) is 12.3 Å². The van der Waals surface area contributed by atoms with Gasteiger partial charge in [-0.3, -0.25) is 0 Å². The van der Waals surface area contributed by atoms with Crippen LogP contribution in [0.2, 0.25) is 0 Å². The molecule has 0 amide bonds. The van der Waals surface area contributed by atoms with Crippen molar-refractivity contribution in [2.45, 2.75) is 33.1 Å². The molecule has 0 spiro atoms. The molecule has 0 aliphatic heterocycles. The fourth-order valence-electron chi connectivity index (χ4n) is 0.678. The number of nitrogens with one attached hydrogen (secondary N) is 1. The number of rotatable bonds is 5. The van der Waals surface area contributed by atoms with Gasteiger partial charge in [-0.25, -0.2) is 0 Å². The van der Waals surface area contributed by atoms with Gasteiger partial charge in [-0.2, -0.15) is 0 Å². The number of hydrogen-bond donors (Lipinski definition) is 1. The Labute approximate surface area is 58.2 Å². The molecule has 9 heavy (non-hydrogen) atoms. The van der Waals surface area contributed by atoms with Crippen molar-refractivity contribution in [3.05, 3.63) is 12.3 Å². The first-order chi connectivity index (χ1) is 4.41. The zero-order valence-corrected chi connectivity index (χ0v) is 6.48. The van der Waals surface area contributed by atoms with E-state index in [1.54, 1.807) is 0 Å². The van der Waals surface area contributed by atoms with E-state index in [1.807, 2.05) is 19.2 Å². The molecule has 0 heterocycles. The van der Waals surface area contributed by atoms with Gasteiger partial charge in [-0.1, -0.05) is 25.8 Å². The molecule has 1 heteroatoms. The second-order valence-electron chi connectivity index (χ2n) is 2.16. The van der Waals surface area contributed by atoms with Gasteiger partial charge >= 0.3 is 0 Å². The number of hydrogen-bond acceptors (Lipinski definition) is 1. The van der Waals surface area contributed by atoms with Crippen LogP contribution < -0.4 is 5.32 Å². The molecule has 1 N–H and O–H groups in total. The molecule has 0 aromatic carbocycles. The van der Waals surface area contributed by atoms with E-state index in [4.69, 9.17) is 0 Å². The van der Waals surface area contributed by atoms with Crippen LogP contribution in [0.4, 0.5) is 0 Å². The van der Waals surface area contributed by atoms with E-state index in [0.717, 1.165) is 6.54 Å². The van der Waals surface area contributed by atoms with Crippen molar-refractivity contribution in [3.8, 4) is 0 Å². The lowest BCUT2D eigenvalue weighted by atomic mass is 10.2. The second kappa shape index (κ2) is 7.54. The quantitative estimate of drug-likeness (QED) is 0.559. The highest BCUT2D eigenvalue weighted by atomic mass is 14.8. The van der Waals surface area contributed by atoms with Crippen LogP contribution in [0.3, 0.4) is 0 Å². The maximum atomic E-state index is 3.19. The molecule has 0 radical (unpaired) electrons. The first-order valence-corrected chi connectivity index (χ1v) is 3.76. The minimum atomic E-state index is 1.12. The average Bonchev–Trinajstić information content (AvgIpc) is 1.89. The lowest BCUT2D eigenvalue weighted by Crippen LogP contribution is -2.05. The van der Waals surface area contributed by atoms with Crippen LogP contribution in [-0.4, -0.2) is 6.54 Å². The van der Waals surface area contributed by atoms with Gasteiger partial charge in [-0.15, -0.1) is 0 Å². The minimum absolute atomic E-state index is 1.12. The highest BCUT2D eigenvalue weighted by molar-refractivity contribution is 4.73. The molecule has 0 rings (SSSR count). The third-order valence-electron chi connectivity index (χ3n) is 1.21. The third kappa shape index (κ3) is 7.54. The average molecular weight is 127 g/mol. The first-order valence-electron chi connectivity index (χ1n) is 3.76. The van der Waals surface area contributed by atoms with Crippen molar-refractivity contribution in [2.24, 2.45) is 0 Å². The largest absolute Gasteiger partial charge is 0.391 e. The van der Waals surface area contributed by atoms with Gasteiger partial charge in [0.05, 0.1) is 0 Å². The molecular weight excluding hydrogens is 110 g/mol. The summed E-state index contributed by atoms with van der Waals surface area (Å²) in [7, 11) is 0. The Bertz CT molecular complexity index is 67.0. The maximum absolute atomic E-state index is 3.19. The Balaban J connectivity index is 2.75. The molecule has 1 nitrogen and oxygen atoms in total. The van der Waals surface area contributed by atoms with E-state index in [9.17, 15) is 0 Å². The van der Waals surface area contributed by atoms with Crippen LogP contribution in [0.1, 0.15) is 33.1 Å².